The van der Waals surface area contributed by atoms with E-state index in [0.29, 0.717) is 0 Å². The number of alkyl carbamates (subject to hydrolysis) is 1. The number of carbonyl (C=O) groups excluding carboxylic acids is 1. The molecule has 1 amide bonds. The number of carbonyl (C=O) groups is 2. The number of nitrogens with one attached hydrogen (secondary N) is 1. The molecule has 0 aromatic rings. The van der Waals surface area contributed by atoms with Crippen molar-refractivity contribution in [2.45, 2.75) is 45.3 Å². The van der Waals surface area contributed by atoms with E-state index in [1.165, 1.54) is 0 Å². The second-order valence-electron chi connectivity index (χ2n) is 4.85. The fourth-order valence-corrected chi connectivity index (χ4v) is 1.33. The van der Waals surface area contributed by atoms with E-state index in [1.807, 2.05) is 0 Å². The van der Waals surface area contributed by atoms with Gasteiger partial charge in [0, 0.05) is 6.04 Å². The Hall–Kier alpha value is -1.26. The molecule has 0 aliphatic heterocycles. The first-order valence-corrected chi connectivity index (χ1v) is 4.99. The molecule has 5 nitrogen and oxygen atoms in total. The monoisotopic (exact) mass is 215 g/mol. The number of hydrogen-bond donors (Lipinski definition) is 2. The summed E-state index contributed by atoms with van der Waals surface area (Å²) in [5.41, 5.74) is -0.513. The van der Waals surface area contributed by atoms with Crippen molar-refractivity contribution in [3.05, 3.63) is 0 Å². The van der Waals surface area contributed by atoms with Crippen LogP contribution >= 0.6 is 0 Å². The minimum absolute atomic E-state index is 0.0315. The predicted molar refractivity (Wildman–Crippen MR) is 53.5 cm³/mol. The maximum absolute atomic E-state index is 11.3. The fraction of sp³-hybridized carbons (Fsp3) is 0.800. The standard InChI is InChI=1S/C10H17NO4/c1-10(2,3)15-9(14)11-7-4-6(7)5-8(12)13/h6-7H,4-5H2,1-3H3,(H,11,14)(H,12,13)/t6-,7-/m1/s1. The van der Waals surface area contributed by atoms with E-state index in [0.717, 1.165) is 6.42 Å². The predicted octanol–water partition coefficient (Wildman–Crippen LogP) is 1.37. The molecule has 0 spiro atoms. The van der Waals surface area contributed by atoms with E-state index >= 15 is 0 Å². The molecule has 0 aromatic heterocycles. The zero-order valence-electron chi connectivity index (χ0n) is 9.24. The Morgan fingerprint density at radius 2 is 2.07 bits per heavy atom. The minimum atomic E-state index is -0.825. The molecule has 1 rings (SSSR count). The van der Waals surface area contributed by atoms with E-state index in [1.54, 1.807) is 20.8 Å². The lowest BCUT2D eigenvalue weighted by molar-refractivity contribution is -0.137. The lowest BCUT2D eigenvalue weighted by atomic mass is 10.2. The van der Waals surface area contributed by atoms with Crippen molar-refractivity contribution in [1.82, 2.24) is 5.32 Å². The molecule has 2 N–H and O–H groups in total. The molecular formula is C10H17NO4. The van der Waals surface area contributed by atoms with Gasteiger partial charge in [0.2, 0.25) is 0 Å². The third-order valence-corrected chi connectivity index (χ3v) is 2.06. The summed E-state index contributed by atoms with van der Waals surface area (Å²) in [4.78, 5) is 21.6. The highest BCUT2D eigenvalue weighted by Gasteiger charge is 2.40. The van der Waals surface area contributed by atoms with E-state index in [-0.39, 0.29) is 18.4 Å². The molecule has 0 unspecified atom stereocenters. The van der Waals surface area contributed by atoms with Crippen LogP contribution in [0, 0.1) is 5.92 Å². The number of carboxylic acid groups (broad SMARTS) is 1. The summed E-state index contributed by atoms with van der Waals surface area (Å²) in [5.74, 6) is -0.761. The normalized spacial score (nSPS) is 24.5. The zero-order valence-corrected chi connectivity index (χ0v) is 9.24. The number of carboxylic acids is 1. The van der Waals surface area contributed by atoms with E-state index in [4.69, 9.17) is 9.84 Å². The Bertz CT molecular complexity index is 269. The number of amides is 1. The van der Waals surface area contributed by atoms with Gasteiger partial charge in [-0.25, -0.2) is 4.79 Å². The summed E-state index contributed by atoms with van der Waals surface area (Å²) < 4.78 is 5.04. The molecule has 0 radical (unpaired) electrons. The summed E-state index contributed by atoms with van der Waals surface area (Å²) in [6.07, 6.45) is 0.367. The molecule has 5 heteroatoms. The lowest BCUT2D eigenvalue weighted by Gasteiger charge is -2.19. The number of aliphatic carboxylic acids is 1. The van der Waals surface area contributed by atoms with E-state index in [2.05, 4.69) is 5.32 Å². The van der Waals surface area contributed by atoms with Gasteiger partial charge in [-0.15, -0.1) is 0 Å². The average Bonchev–Trinajstić information content (AvgIpc) is 2.60. The first kappa shape index (κ1) is 11.8. The molecule has 0 bridgehead atoms. The molecule has 15 heavy (non-hydrogen) atoms. The van der Waals surface area contributed by atoms with E-state index in [9.17, 15) is 9.59 Å². The van der Waals surface area contributed by atoms with E-state index < -0.39 is 17.7 Å². The van der Waals surface area contributed by atoms with Gasteiger partial charge in [0.1, 0.15) is 5.60 Å². The molecule has 1 fully saturated rings. The molecule has 1 aliphatic carbocycles. The van der Waals surface area contributed by atoms with Gasteiger partial charge in [-0.1, -0.05) is 0 Å². The van der Waals surface area contributed by atoms with Crippen LogP contribution in [0.15, 0.2) is 0 Å². The highest BCUT2D eigenvalue weighted by molar-refractivity contribution is 5.70. The average molecular weight is 215 g/mol. The van der Waals surface area contributed by atoms with Crippen molar-refractivity contribution in [3.63, 3.8) is 0 Å². The third kappa shape index (κ3) is 4.67. The quantitative estimate of drug-likeness (QED) is 0.745. The van der Waals surface area contributed by atoms with Gasteiger partial charge in [0.05, 0.1) is 6.42 Å². The second kappa shape index (κ2) is 4.08. The van der Waals surface area contributed by atoms with Gasteiger partial charge in [-0.3, -0.25) is 4.79 Å². The Labute approximate surface area is 88.8 Å². The van der Waals surface area contributed by atoms with Crippen molar-refractivity contribution >= 4 is 12.1 Å². The first-order valence-electron chi connectivity index (χ1n) is 4.99. The van der Waals surface area contributed by atoms with Crippen LogP contribution in [0.5, 0.6) is 0 Å². The zero-order chi connectivity index (χ0) is 11.6. The topological polar surface area (TPSA) is 75.6 Å². The lowest BCUT2D eigenvalue weighted by Crippen LogP contribution is -2.34. The largest absolute Gasteiger partial charge is 0.481 e. The molecule has 2 atom stereocenters. The van der Waals surface area contributed by atoms with Crippen molar-refractivity contribution in [1.29, 1.82) is 0 Å². The first-order chi connectivity index (χ1) is 6.78. The number of ether oxygens (including phenoxy) is 1. The summed E-state index contributed by atoms with van der Waals surface area (Å²) in [6, 6.07) is -0.0315. The molecular weight excluding hydrogens is 198 g/mol. The van der Waals surface area contributed by atoms with Crippen LogP contribution in [0.1, 0.15) is 33.6 Å². The number of hydrogen-bond acceptors (Lipinski definition) is 3. The summed E-state index contributed by atoms with van der Waals surface area (Å²) in [7, 11) is 0. The van der Waals surface area contributed by atoms with Crippen molar-refractivity contribution < 1.29 is 19.4 Å². The van der Waals surface area contributed by atoms with Crippen molar-refractivity contribution in [2.75, 3.05) is 0 Å². The van der Waals surface area contributed by atoms with Crippen LogP contribution in [0.25, 0.3) is 0 Å². The van der Waals surface area contributed by atoms with Gasteiger partial charge < -0.3 is 15.2 Å². The molecule has 0 aromatic carbocycles. The van der Waals surface area contributed by atoms with Crippen LogP contribution < -0.4 is 5.32 Å². The van der Waals surface area contributed by atoms with Gasteiger partial charge in [-0.2, -0.15) is 0 Å². The maximum Gasteiger partial charge on any atom is 0.407 e. The Morgan fingerprint density at radius 1 is 1.47 bits per heavy atom. The summed E-state index contributed by atoms with van der Waals surface area (Å²) in [5, 5.41) is 11.2. The summed E-state index contributed by atoms with van der Waals surface area (Å²) in [6.45, 7) is 5.36. The molecule has 0 heterocycles. The number of rotatable bonds is 3. The highest BCUT2D eigenvalue weighted by atomic mass is 16.6. The summed E-state index contributed by atoms with van der Waals surface area (Å²) >= 11 is 0. The molecule has 1 aliphatic rings. The van der Waals surface area contributed by atoms with Gasteiger partial charge in [0.15, 0.2) is 0 Å². The Morgan fingerprint density at radius 3 is 2.53 bits per heavy atom. The molecule has 0 saturated heterocycles. The highest BCUT2D eigenvalue weighted by Crippen LogP contribution is 2.33. The smallest absolute Gasteiger partial charge is 0.407 e. The molecule has 86 valence electrons. The van der Waals surface area contributed by atoms with Gasteiger partial charge >= 0.3 is 12.1 Å². The fourth-order valence-electron chi connectivity index (χ4n) is 1.33. The minimum Gasteiger partial charge on any atom is -0.481 e. The third-order valence-electron chi connectivity index (χ3n) is 2.06. The second-order valence-corrected chi connectivity index (χ2v) is 4.85. The van der Waals surface area contributed by atoms with Crippen molar-refractivity contribution in [2.24, 2.45) is 5.92 Å². The van der Waals surface area contributed by atoms with Crippen molar-refractivity contribution in [3.8, 4) is 0 Å². The van der Waals surface area contributed by atoms with Crippen LogP contribution in [0.3, 0.4) is 0 Å². The van der Waals surface area contributed by atoms with Crippen LogP contribution in [0.2, 0.25) is 0 Å². The van der Waals surface area contributed by atoms with Gasteiger partial charge in [0.25, 0.3) is 0 Å². The van der Waals surface area contributed by atoms with Crippen LogP contribution in [0.4, 0.5) is 4.79 Å². The molecule has 1 saturated carbocycles. The maximum atomic E-state index is 11.3. The Balaban J connectivity index is 2.22. The van der Waals surface area contributed by atoms with Crippen LogP contribution in [-0.2, 0) is 9.53 Å². The van der Waals surface area contributed by atoms with Crippen LogP contribution in [-0.4, -0.2) is 28.8 Å². The SMILES string of the molecule is CC(C)(C)OC(=O)N[C@@H]1C[C@@H]1CC(=O)O. The Kier molecular flexibility index (Phi) is 3.21. The van der Waals surface area contributed by atoms with Gasteiger partial charge in [-0.05, 0) is 33.1 Å².